The van der Waals surface area contributed by atoms with E-state index in [9.17, 15) is 0 Å². The summed E-state index contributed by atoms with van der Waals surface area (Å²) in [6.07, 6.45) is 0. The Bertz CT molecular complexity index is 987. The number of rotatable bonds is 9. The zero-order valence-electron chi connectivity index (χ0n) is 24.6. The van der Waals surface area contributed by atoms with E-state index in [-0.39, 0.29) is 0 Å². The summed E-state index contributed by atoms with van der Waals surface area (Å²) in [5.74, 6) is 0. The second-order valence-electron chi connectivity index (χ2n) is 11.8. The lowest BCUT2D eigenvalue weighted by Crippen LogP contribution is -2.55. The maximum absolute atomic E-state index is 5.33. The number of benzene rings is 3. The lowest BCUT2D eigenvalue weighted by Gasteiger charge is -2.52. The van der Waals surface area contributed by atoms with Gasteiger partial charge in [0, 0.05) is 64.5 Å². The average molecular weight is 574 g/mol. The SMILES string of the molecule is C[Si](C)([N-]c1ccccc1)N1CCN([Si](C)(C)[N-]c2ccccc2)CCN([Si](C)(C)[N-]c2ccccc2)CC1. The van der Waals surface area contributed by atoms with Crippen molar-refractivity contribution in [3.8, 4) is 0 Å². The Labute approximate surface area is 239 Å². The van der Waals surface area contributed by atoms with Crippen LogP contribution in [0.1, 0.15) is 0 Å². The largest absolute Gasteiger partial charge is 0.675 e. The molecule has 1 aliphatic heterocycles. The Kier molecular flexibility index (Phi) is 9.74. The summed E-state index contributed by atoms with van der Waals surface area (Å²) in [6.45, 7) is 20.4. The number of nitrogens with zero attached hydrogens (tertiary/aromatic N) is 6. The molecule has 0 radical (unpaired) electrons. The van der Waals surface area contributed by atoms with Crippen molar-refractivity contribution in [3.63, 3.8) is 0 Å². The molecule has 9 heteroatoms. The minimum Gasteiger partial charge on any atom is -0.675 e. The molecule has 4 rings (SSSR count). The number of hydrogen-bond donors (Lipinski definition) is 0. The van der Waals surface area contributed by atoms with Gasteiger partial charge in [-0.25, -0.2) is 0 Å². The fraction of sp³-hybridized carbons (Fsp3) is 0.400. The molecule has 0 amide bonds. The van der Waals surface area contributed by atoms with Crippen LogP contribution in [-0.2, 0) is 0 Å². The standard InChI is InChI=1S/C30H45N6Si3/c1-37(2,31-28-16-10-7-11-17-28)34-22-24-35(38(3,4)32-29-18-12-8-13-19-29)26-27-36(25-23-34)39(5,6)33-30-20-14-9-15-21-30/h7-21H,22-27H2,1-6H3/q-3. The summed E-state index contributed by atoms with van der Waals surface area (Å²) >= 11 is 0. The molecule has 0 N–H and O–H groups in total. The Morgan fingerprint density at radius 3 is 0.795 bits per heavy atom. The third-order valence-corrected chi connectivity index (χ3v) is 16.1. The van der Waals surface area contributed by atoms with E-state index < -0.39 is 25.2 Å². The molecule has 210 valence electrons. The minimum atomic E-state index is -2.07. The van der Waals surface area contributed by atoms with Crippen molar-refractivity contribution in [1.29, 1.82) is 0 Å². The average Bonchev–Trinajstić information content (AvgIpc) is 3.01. The molecule has 0 spiro atoms. The van der Waals surface area contributed by atoms with E-state index in [1.165, 1.54) is 0 Å². The smallest absolute Gasteiger partial charge is 0.0301 e. The van der Waals surface area contributed by atoms with Crippen LogP contribution in [0.2, 0.25) is 39.3 Å². The molecule has 0 unspecified atom stereocenters. The third-order valence-electron chi connectivity index (χ3n) is 7.72. The molecule has 6 nitrogen and oxygen atoms in total. The molecule has 1 aliphatic rings. The molecule has 3 aromatic rings. The summed E-state index contributed by atoms with van der Waals surface area (Å²) in [6, 6.07) is 31.5. The van der Waals surface area contributed by atoms with E-state index in [0.717, 1.165) is 56.3 Å². The Hall–Kier alpha value is -2.41. The molecule has 1 saturated heterocycles. The highest BCUT2D eigenvalue weighted by Gasteiger charge is 2.29. The van der Waals surface area contributed by atoms with Crippen LogP contribution in [0.15, 0.2) is 91.0 Å². The first-order chi connectivity index (χ1) is 18.6. The molecule has 0 saturated carbocycles. The Morgan fingerprint density at radius 1 is 0.385 bits per heavy atom. The van der Waals surface area contributed by atoms with Crippen LogP contribution in [0.5, 0.6) is 0 Å². The molecule has 0 atom stereocenters. The summed E-state index contributed by atoms with van der Waals surface area (Å²) in [7, 11) is -6.21. The van der Waals surface area contributed by atoms with Gasteiger partial charge >= 0.3 is 0 Å². The summed E-state index contributed by atoms with van der Waals surface area (Å²) in [4.78, 5) is 16.0. The highest BCUT2D eigenvalue weighted by atomic mass is 28.4. The second kappa shape index (κ2) is 12.8. The van der Waals surface area contributed by atoms with E-state index in [2.05, 4.69) is 144 Å². The zero-order chi connectivity index (χ0) is 27.9. The lowest BCUT2D eigenvalue weighted by molar-refractivity contribution is 0.369. The molecular weight excluding hydrogens is 529 g/mol. The van der Waals surface area contributed by atoms with Crippen molar-refractivity contribution in [2.24, 2.45) is 0 Å². The van der Waals surface area contributed by atoms with Crippen molar-refractivity contribution in [1.82, 2.24) is 13.7 Å². The summed E-state index contributed by atoms with van der Waals surface area (Å²) in [5.41, 5.74) is 3.26. The molecule has 1 heterocycles. The van der Waals surface area contributed by atoms with Crippen LogP contribution in [0.3, 0.4) is 0 Å². The van der Waals surface area contributed by atoms with Crippen molar-refractivity contribution < 1.29 is 0 Å². The Morgan fingerprint density at radius 2 is 0.590 bits per heavy atom. The maximum Gasteiger partial charge on any atom is 0.0301 e. The summed E-state index contributed by atoms with van der Waals surface area (Å²) in [5, 5.41) is 0. The first-order valence-corrected chi connectivity index (χ1v) is 22.8. The van der Waals surface area contributed by atoms with Gasteiger partial charge in [-0.3, -0.25) is 0 Å². The topological polar surface area (TPSA) is 52.0 Å². The van der Waals surface area contributed by atoms with Gasteiger partial charge in [-0.05, 0) is 0 Å². The highest BCUT2D eigenvalue weighted by molar-refractivity contribution is 6.82. The fourth-order valence-corrected chi connectivity index (χ4v) is 12.0. The Balaban J connectivity index is 1.58. The van der Waals surface area contributed by atoms with Gasteiger partial charge in [0.25, 0.3) is 0 Å². The molecule has 3 aromatic carbocycles. The first kappa shape index (κ1) is 29.6. The van der Waals surface area contributed by atoms with Gasteiger partial charge in [0.2, 0.25) is 0 Å². The van der Waals surface area contributed by atoms with Crippen molar-refractivity contribution >= 4 is 42.3 Å². The molecular formula is C30H45N6Si3-3. The van der Waals surface area contributed by atoms with Crippen molar-refractivity contribution in [3.05, 3.63) is 106 Å². The van der Waals surface area contributed by atoms with E-state index in [4.69, 9.17) is 14.9 Å². The maximum atomic E-state index is 5.33. The van der Waals surface area contributed by atoms with Gasteiger partial charge in [0.15, 0.2) is 0 Å². The van der Waals surface area contributed by atoms with Gasteiger partial charge in [0.1, 0.15) is 0 Å². The normalized spacial score (nSPS) is 17.1. The van der Waals surface area contributed by atoms with E-state index in [1.807, 2.05) is 0 Å². The third kappa shape index (κ3) is 8.29. The molecule has 0 bridgehead atoms. The van der Waals surface area contributed by atoms with Gasteiger partial charge in [0.05, 0.1) is 0 Å². The van der Waals surface area contributed by atoms with Gasteiger partial charge in [-0.15, -0.1) is 17.1 Å². The van der Waals surface area contributed by atoms with Crippen LogP contribution in [0.4, 0.5) is 17.1 Å². The van der Waals surface area contributed by atoms with Crippen LogP contribution in [-0.4, -0.2) is 78.2 Å². The van der Waals surface area contributed by atoms with Gasteiger partial charge < -0.3 is 28.6 Å². The van der Waals surface area contributed by atoms with E-state index in [1.54, 1.807) is 0 Å². The van der Waals surface area contributed by atoms with Crippen molar-refractivity contribution in [2.45, 2.75) is 39.3 Å². The van der Waals surface area contributed by atoms with Crippen LogP contribution >= 0.6 is 0 Å². The number of hydrogen-bond acceptors (Lipinski definition) is 3. The summed E-state index contributed by atoms with van der Waals surface area (Å²) < 4.78 is 8.10. The highest BCUT2D eigenvalue weighted by Crippen LogP contribution is 2.33. The predicted octanol–water partition coefficient (Wildman–Crippen LogP) is 8.13. The second-order valence-corrected chi connectivity index (χ2v) is 23.3. The van der Waals surface area contributed by atoms with E-state index >= 15 is 0 Å². The zero-order valence-corrected chi connectivity index (χ0v) is 27.6. The minimum absolute atomic E-state index is 1.02. The van der Waals surface area contributed by atoms with E-state index in [0.29, 0.717) is 0 Å². The fourth-order valence-electron chi connectivity index (χ4n) is 5.37. The quantitative estimate of drug-likeness (QED) is 0.243. The first-order valence-electron chi connectivity index (χ1n) is 14.1. The predicted molar refractivity (Wildman–Crippen MR) is 176 cm³/mol. The van der Waals surface area contributed by atoms with Crippen LogP contribution in [0, 0.1) is 0 Å². The molecule has 39 heavy (non-hydrogen) atoms. The molecule has 1 fully saturated rings. The molecule has 0 aliphatic carbocycles. The monoisotopic (exact) mass is 573 g/mol. The van der Waals surface area contributed by atoms with Crippen LogP contribution < -0.4 is 0 Å². The van der Waals surface area contributed by atoms with Crippen molar-refractivity contribution in [2.75, 3.05) is 39.3 Å². The van der Waals surface area contributed by atoms with Crippen LogP contribution in [0.25, 0.3) is 14.9 Å². The lowest BCUT2D eigenvalue weighted by atomic mass is 10.3. The van der Waals surface area contributed by atoms with Gasteiger partial charge in [-0.2, -0.15) is 0 Å². The molecule has 0 aromatic heterocycles. The van der Waals surface area contributed by atoms with Gasteiger partial charge in [-0.1, -0.05) is 130 Å².